The average molecular weight is 280 g/mol. The lowest BCUT2D eigenvalue weighted by Crippen LogP contribution is -2.42. The molecule has 1 aliphatic rings. The Labute approximate surface area is 117 Å². The smallest absolute Gasteiger partial charge is 0.305 e. The number of amides is 1. The van der Waals surface area contributed by atoms with Crippen LogP contribution in [-0.4, -0.2) is 37.8 Å². The van der Waals surface area contributed by atoms with Gasteiger partial charge in [0.15, 0.2) is 0 Å². The van der Waals surface area contributed by atoms with Crippen molar-refractivity contribution in [1.29, 1.82) is 0 Å². The molecule has 2 atom stereocenters. The highest BCUT2D eigenvalue weighted by Crippen LogP contribution is 2.18. The van der Waals surface area contributed by atoms with Gasteiger partial charge in [-0.15, -0.1) is 0 Å². The summed E-state index contributed by atoms with van der Waals surface area (Å²) in [6.07, 6.45) is 4.28. The second-order valence-electron chi connectivity index (χ2n) is 5.18. The van der Waals surface area contributed by atoms with Crippen LogP contribution in [0.2, 0.25) is 0 Å². The van der Waals surface area contributed by atoms with Gasteiger partial charge >= 0.3 is 5.97 Å². The maximum absolute atomic E-state index is 12.2. The minimum absolute atomic E-state index is 0.0253. The topological polar surface area (TPSA) is 97.1 Å². The minimum atomic E-state index is -0.882. The lowest BCUT2D eigenvalue weighted by molar-refractivity contribution is -0.138. The molecule has 0 saturated heterocycles. The Bertz CT molecular complexity index is 486. The van der Waals surface area contributed by atoms with Crippen LogP contribution >= 0.6 is 0 Å². The molecule has 0 aromatic carbocycles. The number of nitrogens with zero attached hydrogens (tertiary/aromatic N) is 3. The second-order valence-corrected chi connectivity index (χ2v) is 5.18. The van der Waals surface area contributed by atoms with Crippen molar-refractivity contribution in [2.24, 2.45) is 5.92 Å². The molecule has 2 heterocycles. The number of hydrogen-bond donors (Lipinski definition) is 2. The molecule has 0 saturated carbocycles. The molecule has 1 amide bonds. The lowest BCUT2D eigenvalue weighted by Gasteiger charge is -2.24. The van der Waals surface area contributed by atoms with Crippen molar-refractivity contribution < 1.29 is 14.7 Å². The van der Waals surface area contributed by atoms with Crippen LogP contribution in [0.3, 0.4) is 0 Å². The standard InChI is InChI=1S/C13H20N4O3/c1-2-3-10(7-12(18)19)16-13(20)9-4-5-17-11(6-9)14-8-15-17/h8-10H,2-7H2,1H3,(H,16,20)(H,18,19)/t9?,10-/m1/s1. The van der Waals surface area contributed by atoms with Gasteiger partial charge < -0.3 is 10.4 Å². The Morgan fingerprint density at radius 2 is 2.40 bits per heavy atom. The van der Waals surface area contributed by atoms with Gasteiger partial charge in [0.25, 0.3) is 0 Å². The molecule has 7 nitrogen and oxygen atoms in total. The third-order valence-corrected chi connectivity index (χ3v) is 3.59. The van der Waals surface area contributed by atoms with Crippen LogP contribution in [0.15, 0.2) is 6.33 Å². The first-order valence-electron chi connectivity index (χ1n) is 6.99. The Balaban J connectivity index is 1.92. The van der Waals surface area contributed by atoms with Gasteiger partial charge in [-0.2, -0.15) is 5.10 Å². The zero-order valence-electron chi connectivity index (χ0n) is 11.6. The summed E-state index contributed by atoms with van der Waals surface area (Å²) in [7, 11) is 0. The highest BCUT2D eigenvalue weighted by Gasteiger charge is 2.27. The third kappa shape index (κ3) is 3.55. The fraction of sp³-hybridized carbons (Fsp3) is 0.692. The van der Waals surface area contributed by atoms with E-state index in [4.69, 9.17) is 5.11 Å². The van der Waals surface area contributed by atoms with Gasteiger partial charge in [-0.1, -0.05) is 13.3 Å². The molecule has 1 aromatic heterocycles. The van der Waals surface area contributed by atoms with Crippen LogP contribution in [0.1, 0.15) is 38.4 Å². The highest BCUT2D eigenvalue weighted by atomic mass is 16.4. The number of aromatic nitrogens is 3. The van der Waals surface area contributed by atoms with E-state index in [2.05, 4.69) is 15.4 Å². The number of aryl methyl sites for hydroxylation is 1. The number of fused-ring (bicyclic) bond motifs is 1. The van der Waals surface area contributed by atoms with Crippen molar-refractivity contribution in [2.45, 2.75) is 51.6 Å². The van der Waals surface area contributed by atoms with Crippen LogP contribution in [0.5, 0.6) is 0 Å². The molecule has 1 unspecified atom stereocenters. The predicted molar refractivity (Wildman–Crippen MR) is 70.9 cm³/mol. The zero-order valence-corrected chi connectivity index (χ0v) is 11.6. The summed E-state index contributed by atoms with van der Waals surface area (Å²) in [5.41, 5.74) is 0. The average Bonchev–Trinajstić information content (AvgIpc) is 2.85. The number of hydrogen-bond acceptors (Lipinski definition) is 4. The summed E-state index contributed by atoms with van der Waals surface area (Å²) in [5, 5.41) is 15.8. The molecule has 1 aromatic rings. The van der Waals surface area contributed by atoms with Crippen LogP contribution < -0.4 is 5.32 Å². The summed E-state index contributed by atoms with van der Waals surface area (Å²) >= 11 is 0. The Kier molecular flexibility index (Phi) is 4.70. The van der Waals surface area contributed by atoms with Crippen LogP contribution in [0, 0.1) is 5.92 Å². The number of aliphatic carboxylic acids is 1. The van der Waals surface area contributed by atoms with Gasteiger partial charge in [-0.3, -0.25) is 14.3 Å². The quantitative estimate of drug-likeness (QED) is 0.795. The van der Waals surface area contributed by atoms with Gasteiger partial charge in [0.2, 0.25) is 5.91 Å². The van der Waals surface area contributed by atoms with Crippen LogP contribution in [0.25, 0.3) is 0 Å². The van der Waals surface area contributed by atoms with Crippen LogP contribution in [-0.2, 0) is 22.6 Å². The van der Waals surface area contributed by atoms with Gasteiger partial charge in [-0.05, 0) is 12.8 Å². The van der Waals surface area contributed by atoms with Crippen molar-refractivity contribution in [3.8, 4) is 0 Å². The summed E-state index contributed by atoms with van der Waals surface area (Å²) in [6, 6.07) is -0.287. The van der Waals surface area contributed by atoms with Crippen molar-refractivity contribution >= 4 is 11.9 Å². The van der Waals surface area contributed by atoms with Gasteiger partial charge in [0.05, 0.1) is 6.42 Å². The molecule has 0 bridgehead atoms. The summed E-state index contributed by atoms with van der Waals surface area (Å²) in [5.74, 6) is -0.271. The van der Waals surface area contributed by atoms with E-state index < -0.39 is 5.97 Å². The van der Waals surface area contributed by atoms with E-state index in [9.17, 15) is 9.59 Å². The van der Waals surface area contributed by atoms with E-state index in [1.807, 2.05) is 11.6 Å². The Morgan fingerprint density at radius 1 is 1.60 bits per heavy atom. The molecular formula is C13H20N4O3. The number of nitrogens with one attached hydrogen (secondary N) is 1. The molecule has 0 fully saturated rings. The molecule has 0 radical (unpaired) electrons. The van der Waals surface area contributed by atoms with Crippen molar-refractivity contribution in [2.75, 3.05) is 0 Å². The summed E-state index contributed by atoms with van der Waals surface area (Å²) in [6.45, 7) is 2.66. The first-order valence-corrected chi connectivity index (χ1v) is 6.99. The van der Waals surface area contributed by atoms with E-state index in [-0.39, 0.29) is 24.3 Å². The largest absolute Gasteiger partial charge is 0.481 e. The van der Waals surface area contributed by atoms with Gasteiger partial charge in [0.1, 0.15) is 12.2 Å². The SMILES string of the molecule is CCC[C@H](CC(=O)O)NC(=O)C1CCn2ncnc2C1. The van der Waals surface area contributed by atoms with Crippen molar-refractivity contribution in [1.82, 2.24) is 20.1 Å². The number of carbonyl (C=O) groups excluding carboxylic acids is 1. The van der Waals surface area contributed by atoms with Gasteiger partial charge in [-0.25, -0.2) is 4.98 Å². The van der Waals surface area contributed by atoms with E-state index in [0.717, 1.165) is 12.2 Å². The second kappa shape index (κ2) is 6.49. The molecular weight excluding hydrogens is 260 g/mol. The maximum atomic E-state index is 12.2. The first-order chi connectivity index (χ1) is 9.60. The number of carboxylic acid groups (broad SMARTS) is 1. The van der Waals surface area contributed by atoms with Crippen molar-refractivity contribution in [3.63, 3.8) is 0 Å². The zero-order chi connectivity index (χ0) is 14.5. The normalized spacial score (nSPS) is 19.1. The molecule has 2 rings (SSSR count). The summed E-state index contributed by atoms with van der Waals surface area (Å²) in [4.78, 5) is 27.2. The first kappa shape index (κ1) is 14.5. The van der Waals surface area contributed by atoms with E-state index in [0.29, 0.717) is 25.8 Å². The van der Waals surface area contributed by atoms with Crippen LogP contribution in [0.4, 0.5) is 0 Å². The van der Waals surface area contributed by atoms with E-state index in [1.165, 1.54) is 6.33 Å². The third-order valence-electron chi connectivity index (χ3n) is 3.59. The predicted octanol–water partition coefficient (Wildman–Crippen LogP) is 0.600. The van der Waals surface area contributed by atoms with E-state index >= 15 is 0 Å². The molecule has 7 heteroatoms. The molecule has 20 heavy (non-hydrogen) atoms. The molecule has 2 N–H and O–H groups in total. The Hall–Kier alpha value is -1.92. The van der Waals surface area contributed by atoms with E-state index in [1.54, 1.807) is 0 Å². The molecule has 110 valence electrons. The monoisotopic (exact) mass is 280 g/mol. The molecule has 0 spiro atoms. The van der Waals surface area contributed by atoms with Crippen molar-refractivity contribution in [3.05, 3.63) is 12.2 Å². The highest BCUT2D eigenvalue weighted by molar-refractivity contribution is 5.80. The lowest BCUT2D eigenvalue weighted by atomic mass is 9.96. The summed E-state index contributed by atoms with van der Waals surface area (Å²) < 4.78 is 1.81. The fourth-order valence-corrected chi connectivity index (χ4v) is 2.56. The number of carbonyl (C=O) groups is 2. The fourth-order valence-electron chi connectivity index (χ4n) is 2.56. The maximum Gasteiger partial charge on any atom is 0.305 e. The molecule has 1 aliphatic heterocycles. The number of rotatable bonds is 6. The molecule has 0 aliphatic carbocycles. The Morgan fingerprint density at radius 3 is 3.10 bits per heavy atom. The van der Waals surface area contributed by atoms with Gasteiger partial charge in [0, 0.05) is 24.9 Å². The minimum Gasteiger partial charge on any atom is -0.481 e. The number of carboxylic acids is 1.